The topological polar surface area (TPSA) is 20.3 Å². The van der Waals surface area contributed by atoms with Gasteiger partial charge in [-0.1, -0.05) is 39.7 Å². The second kappa shape index (κ2) is 6.22. The van der Waals surface area contributed by atoms with Crippen molar-refractivity contribution < 1.29 is 4.79 Å². The summed E-state index contributed by atoms with van der Waals surface area (Å²) in [6.07, 6.45) is 0. The molecule has 0 bridgehead atoms. The molecule has 1 amide bonds. The van der Waals surface area contributed by atoms with Crippen molar-refractivity contribution in [3.63, 3.8) is 0 Å². The average molecular weight is 317 g/mol. The number of benzene rings is 1. The summed E-state index contributed by atoms with van der Waals surface area (Å²) in [5.74, 6) is -0.0290. The summed E-state index contributed by atoms with van der Waals surface area (Å²) in [6.45, 7) is 8.89. The standard InChI is InChI=1S/C13H15BrClNO/c1-4-16(8-9(2)3)13(17)10-5-11(14)7-12(15)6-10/h5-7H,2,4,8H2,1,3H3. The molecule has 1 aromatic rings. The molecule has 1 rings (SSSR count). The van der Waals surface area contributed by atoms with Crippen molar-refractivity contribution in [2.45, 2.75) is 13.8 Å². The molecule has 0 aromatic heterocycles. The lowest BCUT2D eigenvalue weighted by Crippen LogP contribution is -2.32. The summed E-state index contributed by atoms with van der Waals surface area (Å²) in [5, 5.41) is 0.550. The maximum atomic E-state index is 12.2. The zero-order chi connectivity index (χ0) is 13.0. The first-order valence-corrected chi connectivity index (χ1v) is 6.51. The highest BCUT2D eigenvalue weighted by atomic mass is 79.9. The van der Waals surface area contributed by atoms with Gasteiger partial charge in [-0.25, -0.2) is 0 Å². The first-order chi connectivity index (χ1) is 7.93. The van der Waals surface area contributed by atoms with Crippen LogP contribution in [0.1, 0.15) is 24.2 Å². The van der Waals surface area contributed by atoms with E-state index >= 15 is 0 Å². The zero-order valence-electron chi connectivity index (χ0n) is 9.96. The zero-order valence-corrected chi connectivity index (χ0v) is 12.3. The number of carbonyl (C=O) groups is 1. The van der Waals surface area contributed by atoms with Crippen LogP contribution in [-0.4, -0.2) is 23.9 Å². The summed E-state index contributed by atoms with van der Waals surface area (Å²) in [7, 11) is 0. The molecule has 0 N–H and O–H groups in total. The van der Waals surface area contributed by atoms with Gasteiger partial charge in [0.05, 0.1) is 0 Å². The molecule has 0 fully saturated rings. The summed E-state index contributed by atoms with van der Waals surface area (Å²) in [4.78, 5) is 14.0. The predicted octanol–water partition coefficient (Wildman–Crippen LogP) is 4.14. The molecule has 1 aromatic carbocycles. The van der Waals surface area contributed by atoms with Crippen LogP contribution in [0.4, 0.5) is 0 Å². The summed E-state index contributed by atoms with van der Waals surface area (Å²) in [6, 6.07) is 5.21. The number of hydrogen-bond acceptors (Lipinski definition) is 1. The van der Waals surface area contributed by atoms with Crippen molar-refractivity contribution in [2.24, 2.45) is 0 Å². The highest BCUT2D eigenvalue weighted by Gasteiger charge is 2.15. The van der Waals surface area contributed by atoms with Gasteiger partial charge in [-0.2, -0.15) is 0 Å². The molecule has 0 saturated carbocycles. The van der Waals surface area contributed by atoms with Gasteiger partial charge in [0.25, 0.3) is 5.91 Å². The Hall–Kier alpha value is -0.800. The number of likely N-dealkylation sites (N-methyl/N-ethyl adjacent to an activating group) is 1. The molecule has 2 nitrogen and oxygen atoms in total. The minimum atomic E-state index is -0.0290. The SMILES string of the molecule is C=C(C)CN(CC)C(=O)c1cc(Cl)cc(Br)c1. The van der Waals surface area contributed by atoms with Gasteiger partial charge in [-0.3, -0.25) is 4.79 Å². The van der Waals surface area contributed by atoms with Crippen LogP contribution in [0.25, 0.3) is 0 Å². The van der Waals surface area contributed by atoms with E-state index in [-0.39, 0.29) is 5.91 Å². The number of carbonyl (C=O) groups excluding carboxylic acids is 1. The second-order valence-corrected chi connectivity index (χ2v) is 5.29. The minimum absolute atomic E-state index is 0.0290. The smallest absolute Gasteiger partial charge is 0.254 e. The Kier molecular flexibility index (Phi) is 5.22. The average Bonchev–Trinajstić information content (AvgIpc) is 2.23. The molecule has 0 radical (unpaired) electrons. The lowest BCUT2D eigenvalue weighted by Gasteiger charge is -2.21. The van der Waals surface area contributed by atoms with Crippen LogP contribution in [0.3, 0.4) is 0 Å². The number of hydrogen-bond donors (Lipinski definition) is 0. The molecular formula is C13H15BrClNO. The lowest BCUT2D eigenvalue weighted by atomic mass is 10.2. The Morgan fingerprint density at radius 1 is 1.47 bits per heavy atom. The van der Waals surface area contributed by atoms with E-state index in [1.165, 1.54) is 0 Å². The quantitative estimate of drug-likeness (QED) is 0.765. The van der Waals surface area contributed by atoms with Crippen molar-refractivity contribution in [2.75, 3.05) is 13.1 Å². The highest BCUT2D eigenvalue weighted by molar-refractivity contribution is 9.10. The molecule has 17 heavy (non-hydrogen) atoms. The lowest BCUT2D eigenvalue weighted by molar-refractivity contribution is 0.0778. The van der Waals surface area contributed by atoms with Crippen LogP contribution in [0.2, 0.25) is 5.02 Å². The maximum Gasteiger partial charge on any atom is 0.254 e. The molecule has 0 spiro atoms. The van der Waals surface area contributed by atoms with Crippen LogP contribution in [0.5, 0.6) is 0 Å². The van der Waals surface area contributed by atoms with E-state index in [4.69, 9.17) is 11.6 Å². The van der Waals surface area contributed by atoms with Crippen molar-refractivity contribution in [3.8, 4) is 0 Å². The van der Waals surface area contributed by atoms with E-state index in [2.05, 4.69) is 22.5 Å². The highest BCUT2D eigenvalue weighted by Crippen LogP contribution is 2.20. The van der Waals surface area contributed by atoms with E-state index in [1.54, 1.807) is 23.1 Å². The molecule has 0 unspecified atom stereocenters. The van der Waals surface area contributed by atoms with Crippen LogP contribution >= 0.6 is 27.5 Å². The van der Waals surface area contributed by atoms with Crippen LogP contribution in [-0.2, 0) is 0 Å². The van der Waals surface area contributed by atoms with Crippen molar-refractivity contribution in [3.05, 3.63) is 45.4 Å². The molecule has 0 aliphatic heterocycles. The number of amides is 1. The number of nitrogens with zero attached hydrogens (tertiary/aromatic N) is 1. The first kappa shape index (κ1) is 14.3. The van der Waals surface area contributed by atoms with Crippen LogP contribution in [0.15, 0.2) is 34.8 Å². The molecule has 0 aliphatic carbocycles. The van der Waals surface area contributed by atoms with E-state index in [1.807, 2.05) is 13.8 Å². The largest absolute Gasteiger partial charge is 0.335 e. The fourth-order valence-electron chi connectivity index (χ4n) is 1.51. The fraction of sp³-hybridized carbons (Fsp3) is 0.308. The van der Waals surface area contributed by atoms with Gasteiger partial charge in [0, 0.05) is 28.1 Å². The van der Waals surface area contributed by atoms with Gasteiger partial charge in [0.1, 0.15) is 0 Å². The molecule has 0 atom stereocenters. The number of halogens is 2. The van der Waals surface area contributed by atoms with Gasteiger partial charge < -0.3 is 4.90 Å². The van der Waals surface area contributed by atoms with E-state index in [0.29, 0.717) is 23.7 Å². The maximum absolute atomic E-state index is 12.2. The fourth-order valence-corrected chi connectivity index (χ4v) is 2.37. The summed E-state index contributed by atoms with van der Waals surface area (Å²) >= 11 is 9.26. The molecule has 4 heteroatoms. The molecule has 0 saturated heterocycles. The van der Waals surface area contributed by atoms with Crippen molar-refractivity contribution >= 4 is 33.4 Å². The van der Waals surface area contributed by atoms with Gasteiger partial charge in [-0.15, -0.1) is 0 Å². The Labute approximate surface area is 115 Å². The van der Waals surface area contributed by atoms with Crippen LogP contribution < -0.4 is 0 Å². The monoisotopic (exact) mass is 315 g/mol. The third kappa shape index (κ3) is 4.17. The Balaban J connectivity index is 2.97. The summed E-state index contributed by atoms with van der Waals surface area (Å²) in [5.41, 5.74) is 1.55. The third-order valence-electron chi connectivity index (χ3n) is 2.24. The van der Waals surface area contributed by atoms with Gasteiger partial charge in [-0.05, 0) is 32.0 Å². The van der Waals surface area contributed by atoms with Gasteiger partial charge in [0.2, 0.25) is 0 Å². The van der Waals surface area contributed by atoms with Gasteiger partial charge >= 0.3 is 0 Å². The Morgan fingerprint density at radius 3 is 2.59 bits per heavy atom. The number of rotatable bonds is 4. The minimum Gasteiger partial charge on any atom is -0.335 e. The second-order valence-electron chi connectivity index (χ2n) is 3.93. The Morgan fingerprint density at radius 2 is 2.12 bits per heavy atom. The summed E-state index contributed by atoms with van der Waals surface area (Å²) < 4.78 is 0.805. The van der Waals surface area contributed by atoms with E-state index < -0.39 is 0 Å². The third-order valence-corrected chi connectivity index (χ3v) is 2.92. The molecule has 0 heterocycles. The molecular weight excluding hydrogens is 302 g/mol. The normalized spacial score (nSPS) is 10.1. The van der Waals surface area contributed by atoms with Crippen molar-refractivity contribution in [1.29, 1.82) is 0 Å². The van der Waals surface area contributed by atoms with Crippen molar-refractivity contribution in [1.82, 2.24) is 4.90 Å². The van der Waals surface area contributed by atoms with E-state index in [9.17, 15) is 4.79 Å². The van der Waals surface area contributed by atoms with Gasteiger partial charge in [0.15, 0.2) is 0 Å². The predicted molar refractivity (Wildman–Crippen MR) is 75.5 cm³/mol. The molecule has 0 aliphatic rings. The molecule has 92 valence electrons. The van der Waals surface area contributed by atoms with E-state index in [0.717, 1.165) is 10.0 Å². The Bertz CT molecular complexity index is 425. The first-order valence-electron chi connectivity index (χ1n) is 5.33. The van der Waals surface area contributed by atoms with Crippen LogP contribution in [0, 0.1) is 0 Å².